The Morgan fingerprint density at radius 2 is 1.83 bits per heavy atom. The molecule has 0 saturated carbocycles. The van der Waals surface area contributed by atoms with Gasteiger partial charge in [0, 0.05) is 32.7 Å². The van der Waals surface area contributed by atoms with Crippen LogP contribution in [0.1, 0.15) is 44.2 Å². The molecule has 0 aromatic heterocycles. The second kappa shape index (κ2) is 10.4. The van der Waals surface area contributed by atoms with Crippen LogP contribution in [0.15, 0.2) is 53.6 Å². The zero-order valence-corrected chi connectivity index (χ0v) is 22.8. The number of ether oxygens (including phenoxy) is 1. The summed E-state index contributed by atoms with van der Waals surface area (Å²) < 4.78 is 5.81. The van der Waals surface area contributed by atoms with E-state index in [0.29, 0.717) is 6.54 Å². The minimum atomic E-state index is -0.857. The molecule has 2 aliphatic heterocycles. The molecular weight excluding hydrogens is 455 g/mol. The zero-order valence-electron chi connectivity index (χ0n) is 21.7. The zero-order chi connectivity index (χ0) is 25.2. The number of benzene rings is 2. The van der Waals surface area contributed by atoms with E-state index in [0.717, 1.165) is 54.6 Å². The van der Waals surface area contributed by atoms with Crippen molar-refractivity contribution in [1.29, 1.82) is 0 Å². The molecule has 7 heteroatoms. The van der Waals surface area contributed by atoms with Crippen molar-refractivity contribution in [3.05, 3.63) is 59.7 Å². The molecule has 1 fully saturated rings. The molecule has 3 atom stereocenters. The summed E-state index contributed by atoms with van der Waals surface area (Å²) in [6, 6.07) is 16.7. The molecule has 2 aromatic rings. The van der Waals surface area contributed by atoms with Crippen LogP contribution in [0.3, 0.4) is 0 Å². The molecule has 4 rings (SSSR count). The highest BCUT2D eigenvalue weighted by Crippen LogP contribution is 2.42. The number of hydrogen-bond donors (Lipinski definition) is 1. The molecule has 1 amide bonds. The van der Waals surface area contributed by atoms with Gasteiger partial charge < -0.3 is 15.0 Å². The van der Waals surface area contributed by atoms with Gasteiger partial charge in [0.1, 0.15) is 11.1 Å². The van der Waals surface area contributed by atoms with Gasteiger partial charge in [-0.15, -0.1) is 9.24 Å². The maximum atomic E-state index is 14.1. The first-order valence-electron chi connectivity index (χ1n) is 12.6. The van der Waals surface area contributed by atoms with E-state index in [-0.39, 0.29) is 17.4 Å². The predicted octanol–water partition coefficient (Wildman–Crippen LogP) is 3.73. The minimum Gasteiger partial charge on any atom is -0.374 e. The largest absolute Gasteiger partial charge is 0.374 e. The van der Waals surface area contributed by atoms with Crippen molar-refractivity contribution in [1.82, 2.24) is 10.2 Å². The first kappa shape index (κ1) is 25.8. The molecule has 0 spiro atoms. The second-order valence-electron chi connectivity index (χ2n) is 10.3. The summed E-state index contributed by atoms with van der Waals surface area (Å²) in [5, 5.41) is 11.5. The lowest BCUT2D eigenvalue weighted by atomic mass is 9.76. The quantitative estimate of drug-likeness (QED) is 0.540. The van der Waals surface area contributed by atoms with Crippen molar-refractivity contribution in [2.75, 3.05) is 38.8 Å². The fourth-order valence-corrected chi connectivity index (χ4v) is 5.56. The Morgan fingerprint density at radius 1 is 1.17 bits per heavy atom. The Kier molecular flexibility index (Phi) is 7.65. The topological polar surface area (TPSA) is 57.2 Å². The lowest BCUT2D eigenvalue weighted by Gasteiger charge is -2.48. The van der Waals surface area contributed by atoms with Crippen LogP contribution in [0.5, 0.6) is 0 Å². The normalized spacial score (nSPS) is 23.7. The number of hydrogen-bond acceptors (Lipinski definition) is 5. The summed E-state index contributed by atoms with van der Waals surface area (Å²) in [7, 11) is 6.54. The number of hydrazone groups is 1. The third-order valence-electron chi connectivity index (χ3n) is 7.57. The van der Waals surface area contributed by atoms with Crippen LogP contribution in [0.4, 0.5) is 5.69 Å². The molecular formula is C28H39N4O2P. The summed E-state index contributed by atoms with van der Waals surface area (Å²) in [6.45, 7) is 8.42. The molecule has 2 heterocycles. The third-order valence-corrected chi connectivity index (χ3v) is 7.95. The maximum absolute atomic E-state index is 14.1. The third kappa shape index (κ3) is 5.02. The Hall–Kier alpha value is -2.27. The number of rotatable bonds is 9. The lowest BCUT2D eigenvalue weighted by molar-refractivity contribution is -0.135. The monoisotopic (exact) mass is 494 g/mol. The number of anilines is 1. The average molecular weight is 495 g/mol. The SMILES string of the molecule is CCCCC1C(c2ccc(P)cc2)=NN(c2ccc(C)cc2)C1(C)C(=O)NCC1(OC)CN(C)C1. The van der Waals surface area contributed by atoms with E-state index in [1.54, 1.807) is 7.11 Å². The molecule has 0 aliphatic carbocycles. The van der Waals surface area contributed by atoms with Crippen LogP contribution < -0.4 is 15.6 Å². The fourth-order valence-electron chi connectivity index (χ4n) is 5.37. The van der Waals surface area contributed by atoms with Crippen molar-refractivity contribution in [2.45, 2.75) is 51.2 Å². The van der Waals surface area contributed by atoms with E-state index < -0.39 is 5.54 Å². The van der Waals surface area contributed by atoms with Gasteiger partial charge >= 0.3 is 0 Å². The smallest absolute Gasteiger partial charge is 0.248 e. The molecule has 1 N–H and O–H groups in total. The van der Waals surface area contributed by atoms with Crippen molar-refractivity contribution < 1.29 is 9.53 Å². The van der Waals surface area contributed by atoms with Gasteiger partial charge in [-0.25, -0.2) is 5.01 Å². The predicted molar refractivity (Wildman–Crippen MR) is 148 cm³/mol. The van der Waals surface area contributed by atoms with Crippen LogP contribution >= 0.6 is 9.24 Å². The Morgan fingerprint density at radius 3 is 2.40 bits per heavy atom. The van der Waals surface area contributed by atoms with Gasteiger partial charge in [-0.1, -0.05) is 61.7 Å². The average Bonchev–Trinajstić information content (AvgIpc) is 3.13. The number of nitrogens with zero attached hydrogens (tertiary/aromatic N) is 3. The van der Waals surface area contributed by atoms with Crippen LogP contribution in [0.2, 0.25) is 0 Å². The summed E-state index contributed by atoms with van der Waals surface area (Å²) in [5.74, 6) is -0.0479. The van der Waals surface area contributed by atoms with Gasteiger partial charge in [-0.2, -0.15) is 5.10 Å². The first-order chi connectivity index (χ1) is 16.7. The van der Waals surface area contributed by atoms with Gasteiger partial charge in [-0.05, 0) is 50.3 Å². The van der Waals surface area contributed by atoms with E-state index in [9.17, 15) is 4.79 Å². The van der Waals surface area contributed by atoms with Gasteiger partial charge in [0.05, 0.1) is 11.4 Å². The van der Waals surface area contributed by atoms with Crippen LogP contribution in [-0.2, 0) is 9.53 Å². The highest BCUT2D eigenvalue weighted by molar-refractivity contribution is 7.27. The number of aryl methyl sites for hydroxylation is 1. The number of amides is 1. The number of carbonyl (C=O) groups is 1. The van der Waals surface area contributed by atoms with E-state index in [1.165, 1.54) is 5.56 Å². The lowest BCUT2D eigenvalue weighted by Crippen LogP contribution is -2.68. The van der Waals surface area contributed by atoms with E-state index in [2.05, 4.69) is 95.8 Å². The Balaban J connectivity index is 1.72. The standard InChI is InChI=1S/C28H39N4O2P/c1-6-7-8-24-25(21-11-15-23(35)16-12-21)30-32(22-13-9-20(2)10-14-22)27(24,3)26(33)29-17-28(34-5)18-31(4)19-28/h9-16,24H,6-8,17-19,35H2,1-5H3,(H,29,33). The summed E-state index contributed by atoms with van der Waals surface area (Å²) in [4.78, 5) is 16.3. The minimum absolute atomic E-state index is 0.00780. The summed E-state index contributed by atoms with van der Waals surface area (Å²) in [5.41, 5.74) is 2.97. The van der Waals surface area contributed by atoms with Crippen molar-refractivity contribution in [3.63, 3.8) is 0 Å². The van der Waals surface area contributed by atoms with Gasteiger partial charge in [0.25, 0.3) is 0 Å². The van der Waals surface area contributed by atoms with Crippen LogP contribution in [0, 0.1) is 12.8 Å². The molecule has 188 valence electrons. The molecule has 2 aromatic carbocycles. The first-order valence-corrected chi connectivity index (χ1v) is 13.1. The van der Waals surface area contributed by atoms with Crippen LogP contribution in [0.25, 0.3) is 0 Å². The summed E-state index contributed by atoms with van der Waals surface area (Å²) in [6.07, 6.45) is 2.99. The Bertz CT molecular complexity index is 1060. The number of likely N-dealkylation sites (tertiary alicyclic amines) is 1. The number of unbranched alkanes of at least 4 members (excludes halogenated alkanes) is 1. The number of methoxy groups -OCH3 is 1. The highest BCUT2D eigenvalue weighted by atomic mass is 31.0. The number of carbonyl (C=O) groups excluding carboxylic acids is 1. The Labute approximate surface area is 212 Å². The van der Waals surface area contributed by atoms with Crippen LogP contribution in [-0.4, -0.2) is 61.5 Å². The molecule has 0 bridgehead atoms. The van der Waals surface area contributed by atoms with E-state index in [1.807, 2.05) is 5.01 Å². The van der Waals surface area contributed by atoms with Crippen molar-refractivity contribution >= 4 is 31.9 Å². The number of nitrogens with one attached hydrogen (secondary N) is 1. The molecule has 3 unspecified atom stereocenters. The van der Waals surface area contributed by atoms with Crippen molar-refractivity contribution in [3.8, 4) is 0 Å². The van der Waals surface area contributed by atoms with E-state index >= 15 is 0 Å². The van der Waals surface area contributed by atoms with Crippen molar-refractivity contribution in [2.24, 2.45) is 11.0 Å². The van der Waals surface area contributed by atoms with E-state index in [4.69, 9.17) is 9.84 Å². The van der Waals surface area contributed by atoms with Gasteiger partial charge in [0.2, 0.25) is 5.91 Å². The summed E-state index contributed by atoms with van der Waals surface area (Å²) >= 11 is 0. The molecule has 35 heavy (non-hydrogen) atoms. The molecule has 1 saturated heterocycles. The highest BCUT2D eigenvalue weighted by Gasteiger charge is 2.54. The van der Waals surface area contributed by atoms with Gasteiger partial charge in [0.15, 0.2) is 0 Å². The second-order valence-corrected chi connectivity index (χ2v) is 11.0. The molecule has 2 aliphatic rings. The fraction of sp³-hybridized carbons (Fsp3) is 0.500. The molecule has 0 radical (unpaired) electrons. The maximum Gasteiger partial charge on any atom is 0.248 e. The number of likely N-dealkylation sites (N-methyl/N-ethyl adjacent to an activating group) is 1. The molecule has 6 nitrogen and oxygen atoms in total. The van der Waals surface area contributed by atoms with Gasteiger partial charge in [-0.3, -0.25) is 4.79 Å².